The first-order valence-electron chi connectivity index (χ1n) is 6.73. The molecule has 0 aromatic heterocycles. The minimum Gasteiger partial charge on any atom is -0.380 e. The van der Waals surface area contributed by atoms with Crippen molar-refractivity contribution in [2.75, 3.05) is 19.8 Å². The van der Waals surface area contributed by atoms with Crippen molar-refractivity contribution >= 4 is 11.6 Å². The normalized spacial score (nSPS) is 12.7. The summed E-state index contributed by atoms with van der Waals surface area (Å²) in [6.07, 6.45) is 2.05. The SMILES string of the molecule is CCCNC(COCC)Cc1ccc(C)cc1Cl. The number of ether oxygens (including phenoxy) is 1. The second-order valence-corrected chi connectivity index (χ2v) is 5.02. The molecular formula is C15H24ClNO. The lowest BCUT2D eigenvalue weighted by Crippen LogP contribution is -2.36. The second-order valence-electron chi connectivity index (χ2n) is 4.61. The molecule has 18 heavy (non-hydrogen) atoms. The molecule has 0 fully saturated rings. The molecule has 0 amide bonds. The van der Waals surface area contributed by atoms with Crippen LogP contribution in [0.15, 0.2) is 18.2 Å². The molecule has 1 rings (SSSR count). The molecule has 1 unspecified atom stereocenters. The molecule has 0 aliphatic rings. The molecule has 1 aromatic rings. The van der Waals surface area contributed by atoms with Gasteiger partial charge in [0.15, 0.2) is 0 Å². The average Bonchev–Trinajstić information content (AvgIpc) is 2.35. The number of benzene rings is 1. The summed E-state index contributed by atoms with van der Waals surface area (Å²) in [5, 5.41) is 4.37. The van der Waals surface area contributed by atoms with Crippen LogP contribution in [0.1, 0.15) is 31.4 Å². The summed E-state index contributed by atoms with van der Waals surface area (Å²) >= 11 is 6.27. The van der Waals surface area contributed by atoms with Gasteiger partial charge in [-0.1, -0.05) is 30.7 Å². The molecule has 0 saturated heterocycles. The van der Waals surface area contributed by atoms with E-state index in [0.29, 0.717) is 6.04 Å². The van der Waals surface area contributed by atoms with Crippen LogP contribution in [0.2, 0.25) is 5.02 Å². The topological polar surface area (TPSA) is 21.3 Å². The van der Waals surface area contributed by atoms with E-state index in [-0.39, 0.29) is 0 Å². The van der Waals surface area contributed by atoms with Gasteiger partial charge < -0.3 is 10.1 Å². The third-order valence-corrected chi connectivity index (χ3v) is 3.23. The molecule has 2 nitrogen and oxygen atoms in total. The number of nitrogens with one attached hydrogen (secondary N) is 1. The zero-order valence-corrected chi connectivity index (χ0v) is 12.4. The molecule has 1 N–H and O–H groups in total. The molecular weight excluding hydrogens is 246 g/mol. The van der Waals surface area contributed by atoms with Crippen LogP contribution in [0.25, 0.3) is 0 Å². The number of hydrogen-bond acceptors (Lipinski definition) is 2. The van der Waals surface area contributed by atoms with Crippen molar-refractivity contribution in [2.45, 2.75) is 39.7 Å². The first-order valence-corrected chi connectivity index (χ1v) is 7.11. The van der Waals surface area contributed by atoms with Crippen molar-refractivity contribution in [2.24, 2.45) is 0 Å². The van der Waals surface area contributed by atoms with Gasteiger partial charge in [0.05, 0.1) is 6.61 Å². The fourth-order valence-corrected chi connectivity index (χ4v) is 2.19. The minimum absolute atomic E-state index is 0.338. The van der Waals surface area contributed by atoms with Crippen LogP contribution in [0, 0.1) is 6.92 Å². The predicted molar refractivity (Wildman–Crippen MR) is 78.5 cm³/mol. The Morgan fingerprint density at radius 2 is 2.11 bits per heavy atom. The highest BCUT2D eigenvalue weighted by atomic mass is 35.5. The van der Waals surface area contributed by atoms with Gasteiger partial charge in [0.25, 0.3) is 0 Å². The standard InChI is InChI=1S/C15H24ClNO/c1-4-8-17-14(11-18-5-2)10-13-7-6-12(3)9-15(13)16/h6-7,9,14,17H,4-5,8,10-11H2,1-3H3. The second kappa shape index (κ2) is 8.52. The van der Waals surface area contributed by atoms with E-state index < -0.39 is 0 Å². The van der Waals surface area contributed by atoms with E-state index in [4.69, 9.17) is 16.3 Å². The first-order chi connectivity index (χ1) is 8.67. The predicted octanol–water partition coefficient (Wildman–Crippen LogP) is 3.60. The maximum Gasteiger partial charge on any atom is 0.0622 e. The van der Waals surface area contributed by atoms with E-state index in [0.717, 1.165) is 37.6 Å². The van der Waals surface area contributed by atoms with Gasteiger partial charge >= 0.3 is 0 Å². The number of halogens is 1. The lowest BCUT2D eigenvalue weighted by atomic mass is 10.0. The lowest BCUT2D eigenvalue weighted by molar-refractivity contribution is 0.122. The van der Waals surface area contributed by atoms with Gasteiger partial charge in [-0.3, -0.25) is 0 Å². The molecule has 3 heteroatoms. The van der Waals surface area contributed by atoms with E-state index in [1.54, 1.807) is 0 Å². The Kier molecular flexibility index (Phi) is 7.33. The van der Waals surface area contributed by atoms with Crippen LogP contribution in [0.3, 0.4) is 0 Å². The third-order valence-electron chi connectivity index (χ3n) is 2.88. The molecule has 1 atom stereocenters. The quantitative estimate of drug-likeness (QED) is 0.779. The van der Waals surface area contributed by atoms with Crippen molar-refractivity contribution < 1.29 is 4.74 Å². The van der Waals surface area contributed by atoms with E-state index in [1.165, 1.54) is 11.1 Å². The zero-order valence-electron chi connectivity index (χ0n) is 11.6. The van der Waals surface area contributed by atoms with Gasteiger partial charge in [-0.25, -0.2) is 0 Å². The van der Waals surface area contributed by atoms with Crippen molar-refractivity contribution in [1.29, 1.82) is 0 Å². The summed E-state index contributed by atoms with van der Waals surface area (Å²) < 4.78 is 5.52. The summed E-state index contributed by atoms with van der Waals surface area (Å²) in [7, 11) is 0. The molecule has 0 aliphatic heterocycles. The van der Waals surface area contributed by atoms with Gasteiger partial charge in [0.2, 0.25) is 0 Å². The molecule has 0 heterocycles. The monoisotopic (exact) mass is 269 g/mol. The highest BCUT2D eigenvalue weighted by molar-refractivity contribution is 6.31. The van der Waals surface area contributed by atoms with Crippen molar-refractivity contribution in [1.82, 2.24) is 5.32 Å². The largest absolute Gasteiger partial charge is 0.380 e. The van der Waals surface area contributed by atoms with Crippen LogP contribution in [-0.4, -0.2) is 25.8 Å². The van der Waals surface area contributed by atoms with Crippen molar-refractivity contribution in [3.8, 4) is 0 Å². The van der Waals surface area contributed by atoms with Gasteiger partial charge in [-0.15, -0.1) is 0 Å². The Balaban J connectivity index is 2.62. The molecule has 0 saturated carbocycles. The number of rotatable bonds is 8. The van der Waals surface area contributed by atoms with Gasteiger partial charge in [-0.2, -0.15) is 0 Å². The van der Waals surface area contributed by atoms with Crippen molar-refractivity contribution in [3.05, 3.63) is 34.3 Å². The zero-order chi connectivity index (χ0) is 13.4. The summed E-state index contributed by atoms with van der Waals surface area (Å²) in [6, 6.07) is 6.59. The van der Waals surface area contributed by atoms with E-state index in [1.807, 2.05) is 13.0 Å². The Morgan fingerprint density at radius 1 is 1.33 bits per heavy atom. The molecule has 1 aromatic carbocycles. The fraction of sp³-hybridized carbons (Fsp3) is 0.600. The summed E-state index contributed by atoms with van der Waals surface area (Å²) in [5.74, 6) is 0. The van der Waals surface area contributed by atoms with Gasteiger partial charge in [0, 0.05) is 17.7 Å². The Morgan fingerprint density at radius 3 is 2.72 bits per heavy atom. The van der Waals surface area contributed by atoms with Crippen LogP contribution in [0.4, 0.5) is 0 Å². The maximum atomic E-state index is 6.27. The molecule has 0 bridgehead atoms. The number of hydrogen-bond donors (Lipinski definition) is 1. The van der Waals surface area contributed by atoms with Gasteiger partial charge in [0.1, 0.15) is 0 Å². The maximum absolute atomic E-state index is 6.27. The van der Waals surface area contributed by atoms with Crippen LogP contribution >= 0.6 is 11.6 Å². The van der Waals surface area contributed by atoms with Gasteiger partial charge in [-0.05, 0) is 50.4 Å². The summed E-state index contributed by atoms with van der Waals surface area (Å²) in [5.41, 5.74) is 2.39. The highest BCUT2D eigenvalue weighted by Crippen LogP contribution is 2.19. The fourth-order valence-electron chi connectivity index (χ4n) is 1.88. The van der Waals surface area contributed by atoms with Crippen molar-refractivity contribution in [3.63, 3.8) is 0 Å². The minimum atomic E-state index is 0.338. The summed E-state index contributed by atoms with van der Waals surface area (Å²) in [6.45, 7) is 8.76. The van der Waals surface area contributed by atoms with E-state index >= 15 is 0 Å². The van der Waals surface area contributed by atoms with Crippen LogP contribution in [-0.2, 0) is 11.2 Å². The highest BCUT2D eigenvalue weighted by Gasteiger charge is 2.11. The number of aryl methyl sites for hydroxylation is 1. The molecule has 0 radical (unpaired) electrons. The third kappa shape index (κ3) is 5.38. The van der Waals surface area contributed by atoms with E-state index in [2.05, 4.69) is 31.3 Å². The molecule has 0 spiro atoms. The smallest absolute Gasteiger partial charge is 0.0622 e. The van der Waals surface area contributed by atoms with Crippen LogP contribution in [0.5, 0.6) is 0 Å². The Bertz CT molecular complexity index is 346. The van der Waals surface area contributed by atoms with E-state index in [9.17, 15) is 0 Å². The average molecular weight is 270 g/mol. The first kappa shape index (κ1) is 15.5. The summed E-state index contributed by atoms with van der Waals surface area (Å²) in [4.78, 5) is 0. The lowest BCUT2D eigenvalue weighted by Gasteiger charge is -2.19. The Hall–Kier alpha value is -0.570. The van der Waals surface area contributed by atoms with Crippen LogP contribution < -0.4 is 5.32 Å². The Labute approximate surface area is 116 Å². The molecule has 102 valence electrons. The molecule has 0 aliphatic carbocycles.